The lowest BCUT2D eigenvalue weighted by Crippen LogP contribution is -2.35. The van der Waals surface area contributed by atoms with Crippen LogP contribution in [0.4, 0.5) is 0 Å². The molecule has 3 rings (SSSR count). The number of fused-ring (bicyclic) bond motifs is 1. The van der Waals surface area contributed by atoms with E-state index in [-0.39, 0.29) is 23.6 Å². The number of carboxylic acid groups (broad SMARTS) is 1. The van der Waals surface area contributed by atoms with Gasteiger partial charge in [-0.2, -0.15) is 0 Å². The number of rotatable bonds is 5. The quantitative estimate of drug-likeness (QED) is 0.865. The third-order valence-electron chi connectivity index (χ3n) is 4.86. The van der Waals surface area contributed by atoms with Crippen molar-refractivity contribution in [1.82, 2.24) is 20.3 Å². The fourth-order valence-corrected chi connectivity index (χ4v) is 3.42. The van der Waals surface area contributed by atoms with Crippen LogP contribution in [-0.4, -0.2) is 38.5 Å². The van der Waals surface area contributed by atoms with E-state index in [1.165, 1.54) is 22.0 Å². The first-order valence-electron chi connectivity index (χ1n) is 8.36. The molecule has 1 aliphatic carbocycles. The number of benzene rings is 1. The Morgan fingerprint density at radius 2 is 2.12 bits per heavy atom. The second-order valence-electron chi connectivity index (χ2n) is 7.12. The van der Waals surface area contributed by atoms with Gasteiger partial charge in [-0.1, -0.05) is 43.3 Å². The summed E-state index contributed by atoms with van der Waals surface area (Å²) in [6.45, 7) is 5.03. The Bertz CT molecular complexity index is 797. The van der Waals surface area contributed by atoms with Gasteiger partial charge in [0.15, 0.2) is 5.69 Å². The van der Waals surface area contributed by atoms with Crippen LogP contribution in [-0.2, 0) is 16.8 Å². The number of nitrogens with zero attached hydrogens (tertiary/aromatic N) is 3. The number of aromatic carboxylic acids is 1. The minimum atomic E-state index is -1.16. The molecule has 1 aromatic heterocycles. The highest BCUT2D eigenvalue weighted by Crippen LogP contribution is 2.42. The van der Waals surface area contributed by atoms with Crippen molar-refractivity contribution in [1.29, 1.82) is 0 Å². The average Bonchev–Trinajstić information content (AvgIpc) is 3.03. The number of carboxylic acids is 1. The van der Waals surface area contributed by atoms with Crippen molar-refractivity contribution in [2.24, 2.45) is 0 Å². The Morgan fingerprint density at radius 3 is 2.84 bits per heavy atom. The van der Waals surface area contributed by atoms with Crippen LogP contribution in [0.25, 0.3) is 0 Å². The van der Waals surface area contributed by atoms with Gasteiger partial charge < -0.3 is 10.4 Å². The molecule has 2 aromatic rings. The van der Waals surface area contributed by atoms with Gasteiger partial charge in [-0.3, -0.25) is 4.79 Å². The van der Waals surface area contributed by atoms with Gasteiger partial charge in [0.2, 0.25) is 5.91 Å². The van der Waals surface area contributed by atoms with Gasteiger partial charge in [0, 0.05) is 12.5 Å². The van der Waals surface area contributed by atoms with E-state index in [4.69, 9.17) is 5.11 Å². The van der Waals surface area contributed by atoms with E-state index in [1.54, 1.807) is 0 Å². The first kappa shape index (κ1) is 17.1. The highest BCUT2D eigenvalue weighted by molar-refractivity contribution is 5.84. The fraction of sp³-hybridized carbons (Fsp3) is 0.444. The molecular weight excluding hydrogens is 320 g/mol. The summed E-state index contributed by atoms with van der Waals surface area (Å²) in [4.78, 5) is 22.9. The van der Waals surface area contributed by atoms with Gasteiger partial charge >= 0.3 is 5.97 Å². The fourth-order valence-electron chi connectivity index (χ4n) is 3.42. The standard InChI is InChI=1S/C18H22N4O3/c1-18(2)8-7-12(13-5-3-4-6-14(13)18)9-19-16(23)11-22-10-15(17(24)25)20-21-22/h3-6,10,12H,7-9,11H2,1-2H3,(H,19,23)(H,24,25)/t12-/m1/s1. The molecular formula is C18H22N4O3. The molecule has 25 heavy (non-hydrogen) atoms. The van der Waals surface area contributed by atoms with E-state index in [0.29, 0.717) is 12.5 Å². The van der Waals surface area contributed by atoms with Gasteiger partial charge in [0.25, 0.3) is 0 Å². The SMILES string of the molecule is CC1(C)CC[C@H](CNC(=O)Cn2cc(C(=O)O)nn2)c2ccccc21. The summed E-state index contributed by atoms with van der Waals surface area (Å²) >= 11 is 0. The number of hydrogen-bond donors (Lipinski definition) is 2. The molecule has 1 aromatic carbocycles. The summed E-state index contributed by atoms with van der Waals surface area (Å²) in [6, 6.07) is 8.42. The molecule has 0 aliphatic heterocycles. The maximum atomic E-state index is 12.1. The van der Waals surface area contributed by atoms with Crippen molar-refractivity contribution in [3.05, 3.63) is 47.3 Å². The third-order valence-corrected chi connectivity index (χ3v) is 4.86. The summed E-state index contributed by atoms with van der Waals surface area (Å²) in [5.41, 5.74) is 2.64. The van der Waals surface area contributed by atoms with Crippen LogP contribution in [0.3, 0.4) is 0 Å². The number of nitrogens with one attached hydrogen (secondary N) is 1. The zero-order valence-electron chi connectivity index (χ0n) is 14.4. The second kappa shape index (κ2) is 6.66. The van der Waals surface area contributed by atoms with E-state index in [9.17, 15) is 9.59 Å². The van der Waals surface area contributed by atoms with Crippen LogP contribution in [0, 0.1) is 0 Å². The molecule has 1 amide bonds. The first-order chi connectivity index (χ1) is 11.9. The number of aromatic nitrogens is 3. The number of carbonyl (C=O) groups excluding carboxylic acids is 1. The Hall–Kier alpha value is -2.70. The van der Waals surface area contributed by atoms with E-state index in [1.807, 2.05) is 6.07 Å². The Morgan fingerprint density at radius 1 is 1.36 bits per heavy atom. The molecule has 0 fully saturated rings. The van der Waals surface area contributed by atoms with Gasteiger partial charge in [-0.25, -0.2) is 9.48 Å². The highest BCUT2D eigenvalue weighted by Gasteiger charge is 2.32. The number of hydrogen-bond acceptors (Lipinski definition) is 4. The lowest BCUT2D eigenvalue weighted by atomic mass is 9.69. The van der Waals surface area contributed by atoms with Crippen molar-refractivity contribution in [2.45, 2.75) is 44.6 Å². The topological polar surface area (TPSA) is 97.1 Å². The maximum Gasteiger partial charge on any atom is 0.358 e. The van der Waals surface area contributed by atoms with Gasteiger partial charge in [-0.15, -0.1) is 5.10 Å². The zero-order valence-corrected chi connectivity index (χ0v) is 14.4. The van der Waals surface area contributed by atoms with Gasteiger partial charge in [-0.05, 0) is 29.4 Å². The third kappa shape index (κ3) is 3.70. The van der Waals surface area contributed by atoms with E-state index < -0.39 is 5.97 Å². The largest absolute Gasteiger partial charge is 0.476 e. The molecule has 0 saturated heterocycles. The van der Waals surface area contributed by atoms with Crippen LogP contribution in [0.2, 0.25) is 0 Å². The Labute approximate surface area is 146 Å². The van der Waals surface area contributed by atoms with Gasteiger partial charge in [0.1, 0.15) is 6.54 Å². The van der Waals surface area contributed by atoms with E-state index >= 15 is 0 Å². The molecule has 1 atom stereocenters. The van der Waals surface area contributed by atoms with Gasteiger partial charge in [0.05, 0.1) is 6.20 Å². The molecule has 7 heteroatoms. The van der Waals surface area contributed by atoms with Crippen LogP contribution in [0.5, 0.6) is 0 Å². The second-order valence-corrected chi connectivity index (χ2v) is 7.12. The number of carbonyl (C=O) groups is 2. The average molecular weight is 342 g/mol. The normalized spacial score (nSPS) is 18.4. The van der Waals surface area contributed by atoms with Crippen molar-refractivity contribution >= 4 is 11.9 Å². The molecule has 0 spiro atoms. The lowest BCUT2D eigenvalue weighted by molar-refractivity contribution is -0.121. The first-order valence-corrected chi connectivity index (χ1v) is 8.36. The number of amides is 1. The van der Waals surface area contributed by atoms with Crippen LogP contribution >= 0.6 is 0 Å². The van der Waals surface area contributed by atoms with Crippen LogP contribution in [0.1, 0.15) is 54.2 Å². The smallest absolute Gasteiger partial charge is 0.358 e. The predicted molar refractivity (Wildman–Crippen MR) is 91.4 cm³/mol. The Kier molecular flexibility index (Phi) is 4.57. The molecule has 7 nitrogen and oxygen atoms in total. The van der Waals surface area contributed by atoms with Crippen molar-refractivity contribution in [3.63, 3.8) is 0 Å². The highest BCUT2D eigenvalue weighted by atomic mass is 16.4. The summed E-state index contributed by atoms with van der Waals surface area (Å²) in [5.74, 6) is -1.07. The molecule has 0 radical (unpaired) electrons. The Balaban J connectivity index is 1.61. The molecule has 132 valence electrons. The molecule has 2 N–H and O–H groups in total. The van der Waals surface area contributed by atoms with Crippen LogP contribution < -0.4 is 5.32 Å². The minimum absolute atomic E-state index is 0.0415. The molecule has 0 saturated carbocycles. The monoisotopic (exact) mass is 342 g/mol. The van der Waals surface area contributed by atoms with Crippen LogP contribution in [0.15, 0.2) is 30.5 Å². The summed E-state index contributed by atoms with van der Waals surface area (Å²) < 4.78 is 1.23. The lowest BCUT2D eigenvalue weighted by Gasteiger charge is -2.37. The zero-order chi connectivity index (χ0) is 18.0. The predicted octanol–water partition coefficient (Wildman–Crippen LogP) is 1.95. The van der Waals surface area contributed by atoms with E-state index in [0.717, 1.165) is 12.8 Å². The molecule has 1 aliphatic rings. The minimum Gasteiger partial charge on any atom is -0.476 e. The summed E-state index contributed by atoms with van der Waals surface area (Å²) in [7, 11) is 0. The molecule has 1 heterocycles. The van der Waals surface area contributed by atoms with E-state index in [2.05, 4.69) is 47.7 Å². The maximum absolute atomic E-state index is 12.1. The van der Waals surface area contributed by atoms with Crippen molar-refractivity contribution in [3.8, 4) is 0 Å². The molecule has 0 bridgehead atoms. The molecule has 0 unspecified atom stereocenters. The summed E-state index contributed by atoms with van der Waals surface area (Å²) in [5, 5.41) is 18.9. The van der Waals surface area contributed by atoms with Crippen molar-refractivity contribution < 1.29 is 14.7 Å². The van der Waals surface area contributed by atoms with Crippen molar-refractivity contribution in [2.75, 3.05) is 6.54 Å². The summed E-state index contributed by atoms with van der Waals surface area (Å²) in [6.07, 6.45) is 3.35.